The number of carbonyl (C=O) groups excluding carboxylic acids is 1. The zero-order valence-corrected chi connectivity index (χ0v) is 15.2. The fourth-order valence-electron chi connectivity index (χ4n) is 6.07. The highest BCUT2D eigenvalue weighted by atomic mass is 16.6. The molecule has 22 heavy (non-hydrogen) atoms. The molecule has 126 valence electrons. The third-order valence-corrected chi connectivity index (χ3v) is 7.40. The van der Waals surface area contributed by atoms with Crippen LogP contribution in [0.4, 0.5) is 0 Å². The van der Waals surface area contributed by atoms with Gasteiger partial charge in [-0.05, 0) is 54.8 Å². The minimum Gasteiger partial charge on any atom is -0.369 e. The van der Waals surface area contributed by atoms with Gasteiger partial charge in [0.15, 0.2) is 0 Å². The van der Waals surface area contributed by atoms with E-state index in [9.17, 15) is 4.79 Å². The Kier molecular flexibility index (Phi) is 3.99. The first-order valence-electron chi connectivity index (χ1n) is 9.38. The average molecular weight is 306 g/mol. The molecule has 2 nitrogen and oxygen atoms in total. The predicted octanol–water partition coefficient (Wildman–Crippen LogP) is 5.00. The summed E-state index contributed by atoms with van der Waals surface area (Å²) in [4.78, 5) is 12.2. The molecule has 1 saturated heterocycles. The van der Waals surface area contributed by atoms with Gasteiger partial charge < -0.3 is 4.74 Å². The van der Waals surface area contributed by atoms with Crippen LogP contribution < -0.4 is 0 Å². The van der Waals surface area contributed by atoms with Crippen molar-refractivity contribution in [3.63, 3.8) is 0 Å². The van der Waals surface area contributed by atoms with Crippen LogP contribution in [0.25, 0.3) is 0 Å². The Bertz CT molecular complexity index is 447. The van der Waals surface area contributed by atoms with Gasteiger partial charge in [-0.15, -0.1) is 0 Å². The number of hydrogen-bond acceptors (Lipinski definition) is 2. The average Bonchev–Trinajstić information content (AvgIpc) is 3.16. The van der Waals surface area contributed by atoms with Gasteiger partial charge in [-0.2, -0.15) is 0 Å². The van der Waals surface area contributed by atoms with E-state index in [0.717, 1.165) is 25.4 Å². The first-order chi connectivity index (χ1) is 10.2. The van der Waals surface area contributed by atoms with Gasteiger partial charge in [-0.1, -0.05) is 41.0 Å². The lowest BCUT2D eigenvalue weighted by Gasteiger charge is -2.59. The molecule has 2 aliphatic carbocycles. The second-order valence-corrected chi connectivity index (χ2v) is 9.50. The van der Waals surface area contributed by atoms with E-state index in [1.807, 2.05) is 13.8 Å². The lowest BCUT2D eigenvalue weighted by atomic mass is 9.45. The molecular formula is C20H34O2. The highest BCUT2D eigenvalue weighted by molar-refractivity contribution is 5.80. The Morgan fingerprint density at radius 1 is 1.18 bits per heavy atom. The number of epoxide rings is 1. The highest BCUT2D eigenvalue weighted by Gasteiger charge is 2.64. The van der Waals surface area contributed by atoms with Gasteiger partial charge in [0, 0.05) is 12.3 Å². The molecule has 0 unspecified atom stereocenters. The molecule has 0 aromatic rings. The SMILES string of the molecule is CC(C)C(=O)CC[C@H]1[C@]2(CC[C@H]3C(C)(C)CCC[C@@]31C)CO2. The minimum atomic E-state index is 0.135. The van der Waals surface area contributed by atoms with E-state index in [0.29, 0.717) is 22.5 Å². The van der Waals surface area contributed by atoms with Crippen molar-refractivity contribution < 1.29 is 9.53 Å². The lowest BCUT2D eigenvalue weighted by molar-refractivity contribution is -0.126. The van der Waals surface area contributed by atoms with Crippen LogP contribution in [0.1, 0.15) is 79.6 Å². The van der Waals surface area contributed by atoms with Crippen molar-refractivity contribution in [1.82, 2.24) is 0 Å². The van der Waals surface area contributed by atoms with Gasteiger partial charge in [0.1, 0.15) is 5.78 Å². The molecule has 0 aromatic carbocycles. The minimum absolute atomic E-state index is 0.135. The quantitative estimate of drug-likeness (QED) is 0.684. The number of fused-ring (bicyclic) bond motifs is 1. The van der Waals surface area contributed by atoms with Gasteiger partial charge in [0.05, 0.1) is 12.2 Å². The van der Waals surface area contributed by atoms with Crippen molar-refractivity contribution in [3.05, 3.63) is 0 Å². The van der Waals surface area contributed by atoms with E-state index >= 15 is 0 Å². The molecule has 0 radical (unpaired) electrons. The Morgan fingerprint density at radius 2 is 1.86 bits per heavy atom. The zero-order valence-electron chi connectivity index (χ0n) is 15.2. The van der Waals surface area contributed by atoms with E-state index in [4.69, 9.17) is 4.74 Å². The van der Waals surface area contributed by atoms with Crippen molar-refractivity contribution in [2.24, 2.45) is 28.6 Å². The van der Waals surface area contributed by atoms with Gasteiger partial charge in [-0.25, -0.2) is 0 Å². The van der Waals surface area contributed by atoms with Gasteiger partial charge in [0.2, 0.25) is 0 Å². The van der Waals surface area contributed by atoms with Crippen LogP contribution in [-0.2, 0) is 9.53 Å². The molecule has 0 N–H and O–H groups in total. The summed E-state index contributed by atoms with van der Waals surface area (Å²) in [5.74, 6) is 1.98. The number of rotatable bonds is 4. The first-order valence-corrected chi connectivity index (χ1v) is 9.38. The molecule has 3 rings (SSSR count). The van der Waals surface area contributed by atoms with Crippen LogP contribution in [0.15, 0.2) is 0 Å². The van der Waals surface area contributed by atoms with E-state index in [1.165, 1.54) is 32.1 Å². The number of ketones is 1. The summed E-state index contributed by atoms with van der Waals surface area (Å²) in [6, 6.07) is 0. The Hall–Kier alpha value is -0.370. The second kappa shape index (κ2) is 5.33. The van der Waals surface area contributed by atoms with Crippen LogP contribution in [0.3, 0.4) is 0 Å². The van der Waals surface area contributed by atoms with Crippen molar-refractivity contribution in [1.29, 1.82) is 0 Å². The maximum absolute atomic E-state index is 12.2. The topological polar surface area (TPSA) is 29.6 Å². The molecule has 0 amide bonds. The number of carbonyl (C=O) groups is 1. The first kappa shape index (κ1) is 16.5. The van der Waals surface area contributed by atoms with Gasteiger partial charge in [-0.3, -0.25) is 4.79 Å². The normalized spacial score (nSPS) is 43.2. The Balaban J connectivity index is 1.82. The van der Waals surface area contributed by atoms with Crippen LogP contribution in [0, 0.1) is 28.6 Å². The van der Waals surface area contributed by atoms with Gasteiger partial charge in [0.25, 0.3) is 0 Å². The van der Waals surface area contributed by atoms with Crippen LogP contribution in [0.5, 0.6) is 0 Å². The highest BCUT2D eigenvalue weighted by Crippen LogP contribution is 2.66. The van der Waals surface area contributed by atoms with Crippen LogP contribution in [0.2, 0.25) is 0 Å². The Morgan fingerprint density at radius 3 is 2.45 bits per heavy atom. The standard InChI is InChI=1S/C20H34O2/c1-14(2)15(21)7-8-17-19(5)11-6-10-18(3,4)16(19)9-12-20(17)13-22-20/h14,16-17H,6-13H2,1-5H3/t16-,17+,19-,20-/m0/s1. The summed E-state index contributed by atoms with van der Waals surface area (Å²) < 4.78 is 6.01. The molecule has 3 fully saturated rings. The van der Waals surface area contributed by atoms with E-state index in [1.54, 1.807) is 0 Å². The van der Waals surface area contributed by atoms with E-state index in [2.05, 4.69) is 20.8 Å². The number of ether oxygens (including phenoxy) is 1. The molecule has 1 heterocycles. The number of Topliss-reactive ketones (excluding diaryl/α,β-unsaturated/α-hetero) is 1. The molecule has 0 aromatic heterocycles. The van der Waals surface area contributed by atoms with Crippen molar-refractivity contribution >= 4 is 5.78 Å². The fourth-order valence-corrected chi connectivity index (χ4v) is 6.07. The monoisotopic (exact) mass is 306 g/mol. The Labute approximate surface area is 136 Å². The molecule has 1 spiro atoms. The van der Waals surface area contributed by atoms with Crippen molar-refractivity contribution in [2.75, 3.05) is 6.61 Å². The van der Waals surface area contributed by atoms with Crippen molar-refractivity contribution in [3.8, 4) is 0 Å². The molecule has 4 atom stereocenters. The van der Waals surface area contributed by atoms with Crippen LogP contribution >= 0.6 is 0 Å². The molecular weight excluding hydrogens is 272 g/mol. The third kappa shape index (κ3) is 2.56. The second-order valence-electron chi connectivity index (χ2n) is 9.50. The van der Waals surface area contributed by atoms with E-state index in [-0.39, 0.29) is 11.5 Å². The van der Waals surface area contributed by atoms with Crippen molar-refractivity contribution in [2.45, 2.75) is 85.2 Å². The molecule has 0 bridgehead atoms. The summed E-state index contributed by atoms with van der Waals surface area (Å²) in [7, 11) is 0. The molecule has 2 heteroatoms. The predicted molar refractivity (Wildman–Crippen MR) is 89.7 cm³/mol. The smallest absolute Gasteiger partial charge is 0.135 e. The fraction of sp³-hybridized carbons (Fsp3) is 0.950. The van der Waals surface area contributed by atoms with E-state index < -0.39 is 0 Å². The summed E-state index contributed by atoms with van der Waals surface area (Å²) >= 11 is 0. The third-order valence-electron chi connectivity index (χ3n) is 7.40. The molecule has 1 aliphatic heterocycles. The van der Waals surface area contributed by atoms with Crippen LogP contribution in [-0.4, -0.2) is 18.0 Å². The largest absolute Gasteiger partial charge is 0.369 e. The molecule has 2 saturated carbocycles. The summed E-state index contributed by atoms with van der Waals surface area (Å²) in [5.41, 5.74) is 0.952. The molecule has 3 aliphatic rings. The maximum atomic E-state index is 12.2. The summed E-state index contributed by atoms with van der Waals surface area (Å²) in [6.45, 7) is 12.5. The lowest BCUT2D eigenvalue weighted by Crippen LogP contribution is -2.54. The summed E-state index contributed by atoms with van der Waals surface area (Å²) in [6.07, 6.45) is 8.35. The number of hydrogen-bond donors (Lipinski definition) is 0. The maximum Gasteiger partial charge on any atom is 0.135 e. The zero-order chi connectivity index (χ0) is 16.2. The summed E-state index contributed by atoms with van der Waals surface area (Å²) in [5, 5.41) is 0. The van der Waals surface area contributed by atoms with Gasteiger partial charge >= 0.3 is 0 Å².